The summed E-state index contributed by atoms with van der Waals surface area (Å²) in [6.45, 7) is 3.45. The normalized spacial score (nSPS) is 22.6. The maximum atomic E-state index is 13.1. The number of piperidine rings is 1. The minimum atomic E-state index is -1.04. The summed E-state index contributed by atoms with van der Waals surface area (Å²) in [5.41, 5.74) is 0.860. The van der Waals surface area contributed by atoms with Gasteiger partial charge in [0.05, 0.1) is 16.1 Å². The third-order valence-corrected chi connectivity index (χ3v) is 6.80. The van der Waals surface area contributed by atoms with Crippen LogP contribution in [-0.4, -0.2) is 77.0 Å². The Kier molecular flexibility index (Phi) is 6.58. The van der Waals surface area contributed by atoms with Crippen LogP contribution in [0, 0.1) is 5.92 Å². The van der Waals surface area contributed by atoms with Crippen LogP contribution in [0.3, 0.4) is 0 Å². The average molecular weight is 442 g/mol. The lowest BCUT2D eigenvalue weighted by molar-refractivity contribution is -0.139. The lowest BCUT2D eigenvalue weighted by Crippen LogP contribution is -2.44. The van der Waals surface area contributed by atoms with Gasteiger partial charge in [0.1, 0.15) is 0 Å². The summed E-state index contributed by atoms with van der Waals surface area (Å²) in [7, 11) is 1.52. The van der Waals surface area contributed by atoms with Gasteiger partial charge in [-0.2, -0.15) is 0 Å². The number of nitrogens with zero attached hydrogens (tertiary/aromatic N) is 3. The van der Waals surface area contributed by atoms with Gasteiger partial charge in [-0.05, 0) is 30.5 Å². The Morgan fingerprint density at radius 3 is 2.28 bits per heavy atom. The molecule has 7 nitrogen and oxygen atoms in total. The molecule has 29 heavy (non-hydrogen) atoms. The van der Waals surface area contributed by atoms with Crippen molar-refractivity contribution in [2.75, 3.05) is 33.2 Å². The molecule has 0 spiro atoms. The van der Waals surface area contributed by atoms with E-state index in [0.717, 1.165) is 5.56 Å². The fourth-order valence-corrected chi connectivity index (χ4v) is 4.58. The lowest BCUT2D eigenvalue weighted by atomic mass is 9.93. The van der Waals surface area contributed by atoms with Crippen LogP contribution in [0.1, 0.15) is 31.2 Å². The first kappa shape index (κ1) is 21.7. The highest BCUT2D eigenvalue weighted by Gasteiger charge is 2.42. The first-order chi connectivity index (χ1) is 13.7. The fraction of sp³-hybridized carbons (Fsp3) is 0.550. The Morgan fingerprint density at radius 2 is 1.72 bits per heavy atom. The van der Waals surface area contributed by atoms with Crippen LogP contribution < -0.4 is 0 Å². The number of carboxylic acid groups (broad SMARTS) is 1. The molecule has 3 amide bonds. The van der Waals surface area contributed by atoms with Crippen molar-refractivity contribution in [3.63, 3.8) is 0 Å². The van der Waals surface area contributed by atoms with Gasteiger partial charge in [-0.15, -0.1) is 0 Å². The van der Waals surface area contributed by atoms with Gasteiger partial charge in [0.2, 0.25) is 11.8 Å². The average Bonchev–Trinajstić information content (AvgIpc) is 3.14. The van der Waals surface area contributed by atoms with Crippen LogP contribution in [0.25, 0.3) is 0 Å². The molecule has 1 aromatic carbocycles. The molecule has 9 heteroatoms. The molecule has 0 aliphatic carbocycles. The van der Waals surface area contributed by atoms with Gasteiger partial charge in [-0.25, -0.2) is 4.79 Å². The van der Waals surface area contributed by atoms with E-state index in [1.807, 2.05) is 6.07 Å². The number of likely N-dealkylation sites (tertiary alicyclic amines) is 2. The van der Waals surface area contributed by atoms with E-state index in [-0.39, 0.29) is 29.7 Å². The Labute approximate surface area is 180 Å². The van der Waals surface area contributed by atoms with Gasteiger partial charge < -0.3 is 19.8 Å². The van der Waals surface area contributed by atoms with E-state index in [4.69, 9.17) is 23.2 Å². The van der Waals surface area contributed by atoms with Crippen molar-refractivity contribution in [3.05, 3.63) is 33.8 Å². The quantitative estimate of drug-likeness (QED) is 0.780. The van der Waals surface area contributed by atoms with Crippen molar-refractivity contribution in [3.8, 4) is 0 Å². The van der Waals surface area contributed by atoms with Crippen molar-refractivity contribution in [2.45, 2.75) is 31.7 Å². The fourth-order valence-electron chi connectivity index (χ4n) is 4.27. The second-order valence-electron chi connectivity index (χ2n) is 7.76. The summed E-state index contributed by atoms with van der Waals surface area (Å²) in [6.07, 6.45) is 0.224. The molecule has 2 atom stereocenters. The molecule has 0 aromatic heterocycles. The summed E-state index contributed by atoms with van der Waals surface area (Å²) in [5, 5.41) is 10.3. The molecular weight excluding hydrogens is 417 g/mol. The number of hydrogen-bond donors (Lipinski definition) is 1. The molecule has 1 aromatic rings. The molecule has 2 saturated heterocycles. The largest absolute Gasteiger partial charge is 0.465 e. The summed E-state index contributed by atoms with van der Waals surface area (Å²) in [6, 6.07) is 4.90. The van der Waals surface area contributed by atoms with Crippen LogP contribution in [-0.2, 0) is 9.59 Å². The van der Waals surface area contributed by atoms with E-state index in [0.29, 0.717) is 49.1 Å². The number of rotatable bonds is 3. The second kappa shape index (κ2) is 8.79. The lowest BCUT2D eigenvalue weighted by Gasteiger charge is -2.32. The van der Waals surface area contributed by atoms with Gasteiger partial charge in [-0.1, -0.05) is 29.3 Å². The molecule has 2 aliphatic rings. The third-order valence-electron chi connectivity index (χ3n) is 6.06. The second-order valence-corrected chi connectivity index (χ2v) is 8.58. The molecule has 3 rings (SSSR count). The van der Waals surface area contributed by atoms with Gasteiger partial charge in [0, 0.05) is 52.0 Å². The zero-order valence-electron chi connectivity index (χ0n) is 16.5. The highest BCUT2D eigenvalue weighted by molar-refractivity contribution is 6.42. The van der Waals surface area contributed by atoms with E-state index >= 15 is 0 Å². The van der Waals surface area contributed by atoms with E-state index in [9.17, 15) is 19.5 Å². The number of benzene rings is 1. The summed E-state index contributed by atoms with van der Waals surface area (Å²) < 4.78 is 0. The van der Waals surface area contributed by atoms with Crippen LogP contribution >= 0.6 is 23.2 Å². The van der Waals surface area contributed by atoms with E-state index in [1.165, 1.54) is 18.9 Å². The minimum absolute atomic E-state index is 0.0274. The number of halogens is 2. The zero-order chi connectivity index (χ0) is 21.3. The Balaban J connectivity index is 1.77. The third kappa shape index (κ3) is 4.61. The summed E-state index contributed by atoms with van der Waals surface area (Å²) >= 11 is 12.2. The van der Waals surface area contributed by atoms with Crippen LogP contribution in [0.4, 0.5) is 4.79 Å². The van der Waals surface area contributed by atoms with Crippen molar-refractivity contribution in [2.24, 2.45) is 5.92 Å². The van der Waals surface area contributed by atoms with Crippen LogP contribution in [0.5, 0.6) is 0 Å². The zero-order valence-corrected chi connectivity index (χ0v) is 18.0. The van der Waals surface area contributed by atoms with Gasteiger partial charge >= 0.3 is 6.09 Å². The molecule has 0 radical (unpaired) electrons. The number of likely N-dealkylation sites (N-methyl/N-ethyl adjacent to an activating group) is 1. The van der Waals surface area contributed by atoms with Crippen molar-refractivity contribution >= 4 is 41.1 Å². The molecule has 2 fully saturated rings. The molecule has 2 aliphatic heterocycles. The van der Waals surface area contributed by atoms with Crippen molar-refractivity contribution in [1.82, 2.24) is 14.7 Å². The number of carbonyl (C=O) groups is 3. The predicted octanol–water partition coefficient (Wildman–Crippen LogP) is 3.16. The van der Waals surface area contributed by atoms with Gasteiger partial charge in [0.15, 0.2) is 0 Å². The molecular formula is C20H25Cl2N3O4. The smallest absolute Gasteiger partial charge is 0.407 e. The van der Waals surface area contributed by atoms with E-state index in [1.54, 1.807) is 21.9 Å². The molecule has 158 valence electrons. The molecule has 1 N–H and O–H groups in total. The molecule has 0 unspecified atom stereocenters. The first-order valence-electron chi connectivity index (χ1n) is 9.64. The topological polar surface area (TPSA) is 81.2 Å². The standard InChI is InChI=1S/C20H25Cl2N3O4/c1-12(26)24-7-5-13(6-8-24)19(27)25-10-15(18(11-25)23(2)20(28)29)14-3-4-16(21)17(22)9-14/h3-4,9,13,15,18H,5-8,10-11H2,1-2H3,(H,28,29)/t15-,18+/m0/s1. The highest BCUT2D eigenvalue weighted by atomic mass is 35.5. The first-order valence-corrected chi connectivity index (χ1v) is 10.4. The molecule has 2 heterocycles. The van der Waals surface area contributed by atoms with E-state index < -0.39 is 6.09 Å². The number of carbonyl (C=O) groups excluding carboxylic acids is 2. The Hall–Kier alpha value is -1.99. The highest BCUT2D eigenvalue weighted by Crippen LogP contribution is 2.35. The van der Waals surface area contributed by atoms with E-state index in [2.05, 4.69) is 0 Å². The number of hydrogen-bond acceptors (Lipinski definition) is 3. The number of amides is 3. The maximum Gasteiger partial charge on any atom is 0.407 e. The van der Waals surface area contributed by atoms with Crippen LogP contribution in [0.2, 0.25) is 10.0 Å². The maximum absolute atomic E-state index is 13.1. The predicted molar refractivity (Wildman–Crippen MR) is 110 cm³/mol. The van der Waals surface area contributed by atoms with Crippen LogP contribution in [0.15, 0.2) is 18.2 Å². The summed E-state index contributed by atoms with van der Waals surface area (Å²) in [5.74, 6) is -0.277. The SMILES string of the molecule is CC(=O)N1CCC(C(=O)N2C[C@@H](N(C)C(=O)O)[C@H](c3ccc(Cl)c(Cl)c3)C2)CC1. The molecule has 0 saturated carbocycles. The van der Waals surface area contributed by atoms with Gasteiger partial charge in [0.25, 0.3) is 0 Å². The Morgan fingerprint density at radius 1 is 1.07 bits per heavy atom. The Bertz CT molecular complexity index is 811. The summed E-state index contributed by atoms with van der Waals surface area (Å²) in [4.78, 5) is 41.0. The van der Waals surface area contributed by atoms with Gasteiger partial charge in [-0.3, -0.25) is 9.59 Å². The van der Waals surface area contributed by atoms with Crippen molar-refractivity contribution < 1.29 is 19.5 Å². The minimum Gasteiger partial charge on any atom is -0.465 e. The molecule has 0 bridgehead atoms. The monoisotopic (exact) mass is 441 g/mol. The van der Waals surface area contributed by atoms with Crippen molar-refractivity contribution in [1.29, 1.82) is 0 Å².